The number of aromatic carboxylic acids is 1. The maximum absolute atomic E-state index is 10.9. The molecule has 2 heterocycles. The first-order valence-electron chi connectivity index (χ1n) is 6.57. The number of rotatable bonds is 2. The summed E-state index contributed by atoms with van der Waals surface area (Å²) in [6, 6.07) is 0.539. The summed E-state index contributed by atoms with van der Waals surface area (Å²) in [6.07, 6.45) is 9.23. The largest absolute Gasteiger partial charge is 0.476 e. The van der Waals surface area contributed by atoms with Gasteiger partial charge in [-0.2, -0.15) is 0 Å². The summed E-state index contributed by atoms with van der Waals surface area (Å²) in [5, 5.41) is 8.97. The van der Waals surface area contributed by atoms with E-state index in [-0.39, 0.29) is 5.69 Å². The molecular formula is C13H17N3O2. The molecule has 0 spiro atoms. The standard InChI is InChI=1S/C13H17N3O2/c17-13(18)10-7-14-8-12(15-10)16-6-2-4-9-3-1-5-11(9)16/h7-9,11H,1-6H2,(H,17,18). The van der Waals surface area contributed by atoms with E-state index in [1.165, 1.54) is 38.3 Å². The van der Waals surface area contributed by atoms with Crippen molar-refractivity contribution in [2.24, 2.45) is 5.92 Å². The van der Waals surface area contributed by atoms with Crippen LogP contribution in [0.4, 0.5) is 5.82 Å². The van der Waals surface area contributed by atoms with Gasteiger partial charge in [0.05, 0.1) is 12.4 Å². The summed E-state index contributed by atoms with van der Waals surface area (Å²) in [6.45, 7) is 0.971. The molecule has 1 aromatic heterocycles. The van der Waals surface area contributed by atoms with Crippen LogP contribution in [0.5, 0.6) is 0 Å². The van der Waals surface area contributed by atoms with E-state index in [4.69, 9.17) is 5.11 Å². The molecule has 0 radical (unpaired) electrons. The number of carboxylic acids is 1. The van der Waals surface area contributed by atoms with Crippen LogP contribution in [0, 0.1) is 5.92 Å². The molecule has 1 aromatic rings. The van der Waals surface area contributed by atoms with Gasteiger partial charge in [-0.3, -0.25) is 4.98 Å². The third kappa shape index (κ3) is 1.94. The summed E-state index contributed by atoms with van der Waals surface area (Å²) in [5.74, 6) is 0.477. The number of hydrogen-bond donors (Lipinski definition) is 1. The molecular weight excluding hydrogens is 230 g/mol. The minimum atomic E-state index is -1.01. The lowest BCUT2D eigenvalue weighted by Gasteiger charge is -2.38. The Bertz CT molecular complexity index is 463. The average Bonchev–Trinajstić information content (AvgIpc) is 2.87. The van der Waals surface area contributed by atoms with E-state index in [9.17, 15) is 4.79 Å². The van der Waals surface area contributed by atoms with Crippen molar-refractivity contribution in [2.45, 2.75) is 38.1 Å². The first-order chi connectivity index (χ1) is 8.75. The van der Waals surface area contributed by atoms with Gasteiger partial charge in [0.25, 0.3) is 0 Å². The van der Waals surface area contributed by atoms with Crippen LogP contribution in [0.25, 0.3) is 0 Å². The number of nitrogens with zero attached hydrogens (tertiary/aromatic N) is 3. The maximum Gasteiger partial charge on any atom is 0.356 e. The van der Waals surface area contributed by atoms with Gasteiger partial charge in [0.1, 0.15) is 5.82 Å². The molecule has 1 saturated heterocycles. The highest BCUT2D eigenvalue weighted by Crippen LogP contribution is 2.38. The van der Waals surface area contributed by atoms with Crippen LogP contribution in [0.2, 0.25) is 0 Å². The normalized spacial score (nSPS) is 27.0. The number of aromatic nitrogens is 2. The van der Waals surface area contributed by atoms with Gasteiger partial charge in [-0.15, -0.1) is 0 Å². The number of fused-ring (bicyclic) bond motifs is 1. The summed E-state index contributed by atoms with van der Waals surface area (Å²) >= 11 is 0. The Kier molecular flexibility index (Phi) is 2.89. The molecule has 2 aliphatic rings. The zero-order valence-electron chi connectivity index (χ0n) is 10.2. The van der Waals surface area contributed by atoms with Crippen molar-refractivity contribution in [3.63, 3.8) is 0 Å². The van der Waals surface area contributed by atoms with Crippen molar-refractivity contribution in [1.82, 2.24) is 9.97 Å². The molecule has 3 rings (SSSR count). The van der Waals surface area contributed by atoms with E-state index in [1.807, 2.05) is 0 Å². The molecule has 96 valence electrons. The fraction of sp³-hybridized carbons (Fsp3) is 0.615. The van der Waals surface area contributed by atoms with E-state index in [2.05, 4.69) is 14.9 Å². The van der Waals surface area contributed by atoms with Gasteiger partial charge < -0.3 is 10.0 Å². The fourth-order valence-corrected chi connectivity index (χ4v) is 3.34. The Morgan fingerprint density at radius 1 is 1.28 bits per heavy atom. The first-order valence-corrected chi connectivity index (χ1v) is 6.57. The molecule has 18 heavy (non-hydrogen) atoms. The van der Waals surface area contributed by atoms with E-state index < -0.39 is 5.97 Å². The lowest BCUT2D eigenvalue weighted by atomic mass is 9.92. The van der Waals surface area contributed by atoms with Crippen LogP contribution in [0.15, 0.2) is 12.4 Å². The second-order valence-corrected chi connectivity index (χ2v) is 5.16. The average molecular weight is 247 g/mol. The topological polar surface area (TPSA) is 66.3 Å². The quantitative estimate of drug-likeness (QED) is 0.865. The van der Waals surface area contributed by atoms with Crippen molar-refractivity contribution >= 4 is 11.8 Å². The molecule has 1 aliphatic heterocycles. The predicted octanol–water partition coefficient (Wildman–Crippen LogP) is 1.94. The number of carboxylic acid groups (broad SMARTS) is 1. The van der Waals surface area contributed by atoms with Gasteiger partial charge >= 0.3 is 5.97 Å². The van der Waals surface area contributed by atoms with E-state index >= 15 is 0 Å². The summed E-state index contributed by atoms with van der Waals surface area (Å²) in [5.41, 5.74) is 0.0348. The number of carbonyl (C=O) groups is 1. The summed E-state index contributed by atoms with van der Waals surface area (Å²) in [7, 11) is 0. The molecule has 5 nitrogen and oxygen atoms in total. The van der Waals surface area contributed by atoms with Crippen LogP contribution in [0.1, 0.15) is 42.6 Å². The first kappa shape index (κ1) is 11.4. The van der Waals surface area contributed by atoms with Gasteiger partial charge in [0.2, 0.25) is 0 Å². The molecule has 1 saturated carbocycles. The molecule has 2 unspecified atom stereocenters. The molecule has 0 amide bonds. The minimum Gasteiger partial charge on any atom is -0.476 e. The van der Waals surface area contributed by atoms with Gasteiger partial charge in [-0.25, -0.2) is 9.78 Å². The summed E-state index contributed by atoms with van der Waals surface area (Å²) < 4.78 is 0. The van der Waals surface area contributed by atoms with Gasteiger partial charge in [0, 0.05) is 12.6 Å². The SMILES string of the molecule is O=C(O)c1cncc(N2CCCC3CCCC32)n1. The molecule has 2 atom stereocenters. The van der Waals surface area contributed by atoms with Crippen LogP contribution < -0.4 is 4.90 Å². The van der Waals surface area contributed by atoms with E-state index in [1.54, 1.807) is 6.20 Å². The molecule has 1 aliphatic carbocycles. The van der Waals surface area contributed by atoms with Crippen molar-refractivity contribution in [1.29, 1.82) is 0 Å². The highest BCUT2D eigenvalue weighted by Gasteiger charge is 2.35. The molecule has 5 heteroatoms. The maximum atomic E-state index is 10.9. The predicted molar refractivity (Wildman–Crippen MR) is 66.7 cm³/mol. The van der Waals surface area contributed by atoms with Crippen molar-refractivity contribution < 1.29 is 9.90 Å². The van der Waals surface area contributed by atoms with Crippen molar-refractivity contribution in [3.05, 3.63) is 18.1 Å². The third-order valence-corrected chi connectivity index (χ3v) is 4.13. The highest BCUT2D eigenvalue weighted by atomic mass is 16.4. The van der Waals surface area contributed by atoms with Gasteiger partial charge in [0.15, 0.2) is 5.69 Å². The van der Waals surface area contributed by atoms with Crippen LogP contribution >= 0.6 is 0 Å². The lowest BCUT2D eigenvalue weighted by Crippen LogP contribution is -2.43. The second-order valence-electron chi connectivity index (χ2n) is 5.16. The monoisotopic (exact) mass is 247 g/mol. The molecule has 0 bridgehead atoms. The summed E-state index contributed by atoms with van der Waals surface area (Å²) in [4.78, 5) is 21.4. The Morgan fingerprint density at radius 3 is 2.94 bits per heavy atom. The Labute approximate surface area is 106 Å². The van der Waals surface area contributed by atoms with Crippen LogP contribution in [-0.2, 0) is 0 Å². The third-order valence-electron chi connectivity index (χ3n) is 4.13. The smallest absolute Gasteiger partial charge is 0.356 e. The Morgan fingerprint density at radius 2 is 2.11 bits per heavy atom. The number of anilines is 1. The molecule has 0 aromatic carbocycles. The van der Waals surface area contributed by atoms with Crippen molar-refractivity contribution in [3.8, 4) is 0 Å². The van der Waals surface area contributed by atoms with Gasteiger partial charge in [-0.1, -0.05) is 6.42 Å². The van der Waals surface area contributed by atoms with Gasteiger partial charge in [-0.05, 0) is 31.6 Å². The molecule has 2 fully saturated rings. The highest BCUT2D eigenvalue weighted by molar-refractivity contribution is 5.85. The minimum absolute atomic E-state index is 0.0348. The van der Waals surface area contributed by atoms with E-state index in [0.717, 1.165) is 18.3 Å². The van der Waals surface area contributed by atoms with Crippen molar-refractivity contribution in [2.75, 3.05) is 11.4 Å². The van der Waals surface area contributed by atoms with Crippen LogP contribution in [0.3, 0.4) is 0 Å². The lowest BCUT2D eigenvalue weighted by molar-refractivity contribution is 0.0690. The zero-order chi connectivity index (χ0) is 12.5. The number of hydrogen-bond acceptors (Lipinski definition) is 4. The van der Waals surface area contributed by atoms with Crippen LogP contribution in [-0.4, -0.2) is 33.6 Å². The fourth-order valence-electron chi connectivity index (χ4n) is 3.34. The second kappa shape index (κ2) is 4.55. The number of piperidine rings is 1. The Hall–Kier alpha value is -1.65. The zero-order valence-corrected chi connectivity index (χ0v) is 10.2. The Balaban J connectivity index is 1.89. The van der Waals surface area contributed by atoms with E-state index in [0.29, 0.717) is 6.04 Å². The molecule has 1 N–H and O–H groups in total.